The minimum Gasteiger partial charge on any atom is -0.481 e. The summed E-state index contributed by atoms with van der Waals surface area (Å²) in [6.45, 7) is 0.614. The number of piperidine rings is 1. The second-order valence-corrected chi connectivity index (χ2v) is 5.94. The van der Waals surface area contributed by atoms with Gasteiger partial charge in [0.05, 0.1) is 25.4 Å². The number of carboxylic acids is 1. The molecule has 6 heteroatoms. The summed E-state index contributed by atoms with van der Waals surface area (Å²) in [5.41, 5.74) is 0. The average molecular weight is 297 g/mol. The Labute approximate surface area is 124 Å². The lowest BCUT2D eigenvalue weighted by molar-refractivity contribution is -0.152. The zero-order valence-electron chi connectivity index (χ0n) is 12.4. The summed E-state index contributed by atoms with van der Waals surface area (Å²) in [4.78, 5) is 37.2. The highest BCUT2D eigenvalue weighted by molar-refractivity contribution is 5.86. The molecule has 2 rings (SSSR count). The van der Waals surface area contributed by atoms with Crippen molar-refractivity contribution < 1.29 is 24.2 Å². The van der Waals surface area contributed by atoms with Crippen LogP contribution in [0, 0.1) is 11.8 Å². The van der Waals surface area contributed by atoms with Gasteiger partial charge in [0, 0.05) is 12.6 Å². The van der Waals surface area contributed by atoms with E-state index in [9.17, 15) is 19.5 Å². The molecule has 118 valence electrons. The first-order valence-electron chi connectivity index (χ1n) is 7.64. The number of amides is 1. The molecule has 0 radical (unpaired) electrons. The predicted octanol–water partition coefficient (Wildman–Crippen LogP) is 1.43. The number of aliphatic carboxylic acids is 1. The Balaban J connectivity index is 2.07. The van der Waals surface area contributed by atoms with E-state index in [-0.39, 0.29) is 24.3 Å². The SMILES string of the molecule is COC(=O)CC1CCCCN1C(=O)C1CCCC1C(=O)O. The van der Waals surface area contributed by atoms with Gasteiger partial charge in [0.2, 0.25) is 5.91 Å². The molecule has 3 atom stereocenters. The van der Waals surface area contributed by atoms with E-state index >= 15 is 0 Å². The Morgan fingerprint density at radius 3 is 2.48 bits per heavy atom. The van der Waals surface area contributed by atoms with Crippen molar-refractivity contribution in [3.8, 4) is 0 Å². The summed E-state index contributed by atoms with van der Waals surface area (Å²) in [6, 6.07) is -0.145. The largest absolute Gasteiger partial charge is 0.481 e. The molecule has 1 aliphatic carbocycles. The fourth-order valence-corrected chi connectivity index (χ4v) is 3.54. The molecule has 1 saturated carbocycles. The number of hydrogen-bond acceptors (Lipinski definition) is 4. The first-order chi connectivity index (χ1) is 10.0. The van der Waals surface area contributed by atoms with Gasteiger partial charge in [-0.05, 0) is 32.1 Å². The van der Waals surface area contributed by atoms with Crippen LogP contribution >= 0.6 is 0 Å². The number of nitrogens with zero attached hydrogens (tertiary/aromatic N) is 1. The highest BCUT2D eigenvalue weighted by atomic mass is 16.5. The standard InChI is InChI=1S/C15H23NO5/c1-21-13(17)9-10-5-2-3-8-16(10)14(18)11-6-4-7-12(11)15(19)20/h10-12H,2-9H2,1H3,(H,19,20). The number of rotatable bonds is 4. The fourth-order valence-electron chi connectivity index (χ4n) is 3.54. The van der Waals surface area contributed by atoms with Gasteiger partial charge < -0.3 is 14.7 Å². The van der Waals surface area contributed by atoms with Crippen molar-refractivity contribution in [2.75, 3.05) is 13.7 Å². The van der Waals surface area contributed by atoms with Crippen molar-refractivity contribution >= 4 is 17.8 Å². The van der Waals surface area contributed by atoms with Crippen LogP contribution in [-0.2, 0) is 19.1 Å². The molecule has 3 unspecified atom stereocenters. The summed E-state index contributed by atoms with van der Waals surface area (Å²) in [5.74, 6) is -2.29. The maximum absolute atomic E-state index is 12.7. The van der Waals surface area contributed by atoms with Crippen LogP contribution in [0.1, 0.15) is 44.9 Å². The molecular formula is C15H23NO5. The van der Waals surface area contributed by atoms with Gasteiger partial charge in [-0.2, -0.15) is 0 Å². The number of ether oxygens (including phenoxy) is 1. The molecule has 0 aromatic heterocycles. The van der Waals surface area contributed by atoms with E-state index in [0.717, 1.165) is 25.7 Å². The van der Waals surface area contributed by atoms with Gasteiger partial charge in [-0.3, -0.25) is 14.4 Å². The highest BCUT2D eigenvalue weighted by Crippen LogP contribution is 2.35. The number of carboxylic acid groups (broad SMARTS) is 1. The smallest absolute Gasteiger partial charge is 0.307 e. The minimum atomic E-state index is -0.882. The average Bonchev–Trinajstić information content (AvgIpc) is 2.96. The van der Waals surface area contributed by atoms with Crippen LogP contribution in [0.3, 0.4) is 0 Å². The molecule has 6 nitrogen and oxygen atoms in total. The minimum absolute atomic E-state index is 0.0893. The van der Waals surface area contributed by atoms with Gasteiger partial charge in [-0.25, -0.2) is 0 Å². The molecule has 0 aromatic rings. The summed E-state index contributed by atoms with van der Waals surface area (Å²) in [6.07, 6.45) is 4.87. The topological polar surface area (TPSA) is 83.9 Å². The van der Waals surface area contributed by atoms with Gasteiger partial charge in [-0.1, -0.05) is 6.42 Å². The van der Waals surface area contributed by atoms with Crippen molar-refractivity contribution in [3.63, 3.8) is 0 Å². The van der Waals surface area contributed by atoms with Crippen molar-refractivity contribution in [1.82, 2.24) is 4.90 Å². The number of carbonyl (C=O) groups excluding carboxylic acids is 2. The quantitative estimate of drug-likeness (QED) is 0.794. The van der Waals surface area contributed by atoms with E-state index in [1.165, 1.54) is 7.11 Å². The summed E-state index contributed by atoms with van der Waals surface area (Å²) in [7, 11) is 1.34. The van der Waals surface area contributed by atoms with Crippen molar-refractivity contribution in [1.29, 1.82) is 0 Å². The van der Waals surface area contributed by atoms with E-state index in [1.807, 2.05) is 0 Å². The van der Waals surface area contributed by atoms with Crippen LogP contribution in [0.5, 0.6) is 0 Å². The maximum atomic E-state index is 12.7. The van der Waals surface area contributed by atoms with Crippen LogP contribution in [-0.4, -0.2) is 47.5 Å². The summed E-state index contributed by atoms with van der Waals surface area (Å²) in [5, 5.41) is 9.24. The zero-order valence-corrected chi connectivity index (χ0v) is 12.4. The van der Waals surface area contributed by atoms with Crippen molar-refractivity contribution in [3.05, 3.63) is 0 Å². The molecule has 1 aliphatic heterocycles. The number of esters is 1. The molecule has 0 spiro atoms. The molecule has 0 bridgehead atoms. The summed E-state index contributed by atoms with van der Waals surface area (Å²) < 4.78 is 4.69. The van der Waals surface area contributed by atoms with Crippen LogP contribution in [0.2, 0.25) is 0 Å². The molecule has 1 amide bonds. The monoisotopic (exact) mass is 297 g/mol. The third-order valence-corrected chi connectivity index (χ3v) is 4.69. The van der Waals surface area contributed by atoms with Crippen LogP contribution in [0.15, 0.2) is 0 Å². The van der Waals surface area contributed by atoms with Gasteiger partial charge >= 0.3 is 11.9 Å². The normalized spacial score (nSPS) is 29.2. The fraction of sp³-hybridized carbons (Fsp3) is 0.800. The van der Waals surface area contributed by atoms with Gasteiger partial charge in [0.15, 0.2) is 0 Å². The van der Waals surface area contributed by atoms with Crippen LogP contribution in [0.25, 0.3) is 0 Å². The van der Waals surface area contributed by atoms with Crippen LogP contribution in [0.4, 0.5) is 0 Å². The Morgan fingerprint density at radius 2 is 1.81 bits per heavy atom. The third kappa shape index (κ3) is 3.54. The Morgan fingerprint density at radius 1 is 1.10 bits per heavy atom. The van der Waals surface area contributed by atoms with E-state index in [4.69, 9.17) is 4.74 Å². The maximum Gasteiger partial charge on any atom is 0.307 e. The molecular weight excluding hydrogens is 274 g/mol. The summed E-state index contributed by atoms with van der Waals surface area (Å²) >= 11 is 0. The second-order valence-electron chi connectivity index (χ2n) is 5.94. The highest BCUT2D eigenvalue weighted by Gasteiger charge is 2.41. The van der Waals surface area contributed by atoms with Crippen molar-refractivity contribution in [2.24, 2.45) is 11.8 Å². The molecule has 1 N–H and O–H groups in total. The predicted molar refractivity (Wildman–Crippen MR) is 74.5 cm³/mol. The number of likely N-dealkylation sites (tertiary alicyclic amines) is 1. The first-order valence-corrected chi connectivity index (χ1v) is 7.64. The van der Waals surface area contributed by atoms with E-state index in [0.29, 0.717) is 19.4 Å². The van der Waals surface area contributed by atoms with Gasteiger partial charge in [0.1, 0.15) is 0 Å². The molecule has 2 fully saturated rings. The third-order valence-electron chi connectivity index (χ3n) is 4.69. The molecule has 21 heavy (non-hydrogen) atoms. The Kier molecular flexibility index (Phi) is 5.20. The Bertz CT molecular complexity index is 422. The first kappa shape index (κ1) is 15.8. The van der Waals surface area contributed by atoms with E-state index in [2.05, 4.69) is 0 Å². The van der Waals surface area contributed by atoms with Crippen molar-refractivity contribution in [2.45, 2.75) is 51.0 Å². The Hall–Kier alpha value is -1.59. The number of hydrogen-bond donors (Lipinski definition) is 1. The molecule has 0 aromatic carbocycles. The van der Waals surface area contributed by atoms with Gasteiger partial charge in [0.25, 0.3) is 0 Å². The van der Waals surface area contributed by atoms with E-state index in [1.54, 1.807) is 4.90 Å². The van der Waals surface area contributed by atoms with Crippen LogP contribution < -0.4 is 0 Å². The molecule has 2 aliphatic rings. The van der Waals surface area contributed by atoms with Gasteiger partial charge in [-0.15, -0.1) is 0 Å². The number of carbonyl (C=O) groups is 3. The number of methoxy groups -OCH3 is 1. The zero-order chi connectivity index (χ0) is 15.4. The molecule has 1 heterocycles. The second kappa shape index (κ2) is 6.91. The lowest BCUT2D eigenvalue weighted by Crippen LogP contribution is -2.48. The van der Waals surface area contributed by atoms with E-state index < -0.39 is 17.8 Å². The molecule has 1 saturated heterocycles. The lowest BCUT2D eigenvalue weighted by Gasteiger charge is -2.37. The lowest BCUT2D eigenvalue weighted by atomic mass is 9.91.